The van der Waals surface area contributed by atoms with E-state index in [1.165, 1.54) is 0 Å². The Labute approximate surface area is 120 Å². The summed E-state index contributed by atoms with van der Waals surface area (Å²) in [6.45, 7) is 0. The average Bonchev–Trinajstić information content (AvgIpc) is 1.56. The smallest absolute Gasteiger partial charge is 0.809 e. The summed E-state index contributed by atoms with van der Waals surface area (Å²) in [4.78, 5) is 36.8. The Bertz CT molecular complexity index is 201. The summed E-state index contributed by atoms with van der Waals surface area (Å²) in [6.07, 6.45) is 0. The summed E-state index contributed by atoms with van der Waals surface area (Å²) >= 11 is 0. The molecule has 68 valence electrons. The molecule has 7 nitrogen and oxygen atoms in total. The van der Waals surface area contributed by atoms with Crippen molar-refractivity contribution in [2.45, 2.75) is 5.52 Å². The van der Waals surface area contributed by atoms with Crippen LogP contribution in [0.4, 0.5) is 0 Å². The molecular weight excluding hydrogens is 242 g/mol. The average molecular weight is 249 g/mol. The van der Waals surface area contributed by atoms with Gasteiger partial charge in [0.1, 0.15) is 5.52 Å². The zero-order valence-electron chi connectivity index (χ0n) is 7.50. The van der Waals surface area contributed by atoms with Crippen LogP contribution in [0.1, 0.15) is 0 Å². The monoisotopic (exact) mass is 249 g/mol. The maximum absolute atomic E-state index is 10.3. The van der Waals surface area contributed by atoms with Crippen molar-refractivity contribution in [2.24, 2.45) is 0 Å². The third-order valence-corrected chi connectivity index (χ3v) is 4.38. The molecule has 0 aliphatic heterocycles. The van der Waals surface area contributed by atoms with E-state index in [0.717, 1.165) is 7.05 Å². The molecule has 1 atom stereocenters. The van der Waals surface area contributed by atoms with Gasteiger partial charge in [0.25, 0.3) is 0 Å². The second-order valence-corrected chi connectivity index (χ2v) is 5.49. The Morgan fingerprint density at radius 3 is 1.54 bits per heavy atom. The third kappa shape index (κ3) is 8.11. The predicted molar refractivity (Wildman–Crippen MR) is 32.5 cm³/mol. The quantitative estimate of drug-likeness (QED) is 0.334. The van der Waals surface area contributed by atoms with Gasteiger partial charge < -0.3 is 29.5 Å². The molecule has 0 rings (SSSR count). The molecule has 0 amide bonds. The first-order valence-electron chi connectivity index (χ1n) is 2.44. The fourth-order valence-electron chi connectivity index (χ4n) is 0.511. The molecule has 0 aliphatic carbocycles. The van der Waals surface area contributed by atoms with Crippen molar-refractivity contribution in [3.63, 3.8) is 0 Å². The van der Waals surface area contributed by atoms with E-state index in [2.05, 4.69) is 0 Å². The van der Waals surface area contributed by atoms with E-state index < -0.39 is 20.7 Å². The van der Waals surface area contributed by atoms with Crippen molar-refractivity contribution in [2.75, 3.05) is 7.05 Å². The molecule has 0 saturated carbocycles. The Balaban J connectivity index is -0.000000500. The molecule has 0 radical (unpaired) electrons. The second kappa shape index (κ2) is 7.52. The first-order chi connectivity index (χ1) is 4.69. The van der Waals surface area contributed by atoms with Gasteiger partial charge in [0.15, 0.2) is 0 Å². The molecule has 0 fully saturated rings. The van der Waals surface area contributed by atoms with E-state index >= 15 is 0 Å². The SMILES string of the molecule is CNC(P(=O)([O-])[O-])P(=O)(O)O.[Na+].[Na+]. The van der Waals surface area contributed by atoms with E-state index in [1.807, 2.05) is 0 Å². The van der Waals surface area contributed by atoms with E-state index in [4.69, 9.17) is 9.79 Å². The zero-order chi connectivity index (χ0) is 9.28. The van der Waals surface area contributed by atoms with Crippen LogP contribution in [-0.2, 0) is 9.13 Å². The van der Waals surface area contributed by atoms with Gasteiger partial charge in [0, 0.05) is 0 Å². The fourth-order valence-corrected chi connectivity index (χ4v) is 2.64. The van der Waals surface area contributed by atoms with Crippen LogP contribution in [0.25, 0.3) is 0 Å². The molecule has 3 N–H and O–H groups in total. The van der Waals surface area contributed by atoms with E-state index in [0.29, 0.717) is 0 Å². The third-order valence-electron chi connectivity index (χ3n) is 0.876. The number of nitrogens with one attached hydrogen (secondary N) is 1. The first kappa shape index (κ1) is 20.6. The van der Waals surface area contributed by atoms with Gasteiger partial charge in [-0.3, -0.25) is 4.57 Å². The fraction of sp³-hybridized carbons (Fsp3) is 1.00. The molecule has 1 unspecified atom stereocenters. The maximum atomic E-state index is 10.3. The molecular formula is C2H7NNa2O6P2. The van der Waals surface area contributed by atoms with Crippen molar-refractivity contribution in [3.8, 4) is 0 Å². The minimum absolute atomic E-state index is 0. The number of hydrogen-bond donors (Lipinski definition) is 3. The van der Waals surface area contributed by atoms with Crippen LogP contribution >= 0.6 is 15.2 Å². The Kier molecular flexibility index (Phi) is 11.9. The van der Waals surface area contributed by atoms with Crippen LogP contribution in [0.3, 0.4) is 0 Å². The van der Waals surface area contributed by atoms with Crippen LogP contribution in [0, 0.1) is 0 Å². The zero-order valence-corrected chi connectivity index (χ0v) is 13.3. The summed E-state index contributed by atoms with van der Waals surface area (Å²) in [7, 11) is -9.19. The summed E-state index contributed by atoms with van der Waals surface area (Å²) < 4.78 is 20.4. The topological polar surface area (TPSA) is 133 Å². The Morgan fingerprint density at radius 1 is 1.23 bits per heavy atom. The minimum Gasteiger partial charge on any atom is -0.809 e. The predicted octanol–water partition coefficient (Wildman–Crippen LogP) is -8.41. The molecule has 0 aromatic rings. The minimum atomic E-state index is -5.27. The van der Waals surface area contributed by atoms with Crippen LogP contribution in [-0.4, -0.2) is 22.4 Å². The summed E-state index contributed by atoms with van der Waals surface area (Å²) in [5.74, 6) is 0. The first-order valence-corrected chi connectivity index (χ1v) is 5.73. The van der Waals surface area contributed by atoms with Crippen molar-refractivity contribution < 1.29 is 87.8 Å². The van der Waals surface area contributed by atoms with Crippen molar-refractivity contribution in [1.82, 2.24) is 5.32 Å². The molecule has 11 heteroatoms. The van der Waals surface area contributed by atoms with Gasteiger partial charge >= 0.3 is 66.7 Å². The van der Waals surface area contributed by atoms with Gasteiger partial charge in [-0.2, -0.15) is 0 Å². The van der Waals surface area contributed by atoms with E-state index in [9.17, 15) is 18.9 Å². The van der Waals surface area contributed by atoms with Gasteiger partial charge in [-0.15, -0.1) is 0 Å². The Morgan fingerprint density at radius 2 is 1.54 bits per heavy atom. The maximum Gasteiger partial charge on any atom is 1.00 e. The largest absolute Gasteiger partial charge is 1.00 e. The van der Waals surface area contributed by atoms with E-state index in [1.54, 1.807) is 5.32 Å². The van der Waals surface area contributed by atoms with Gasteiger partial charge in [0.05, 0.1) is 0 Å². The summed E-state index contributed by atoms with van der Waals surface area (Å²) in [5, 5.41) is 1.73. The molecule has 0 aliphatic rings. The second-order valence-electron chi connectivity index (χ2n) is 1.79. The molecule has 0 heterocycles. The Hall–Kier alpha value is 2.26. The van der Waals surface area contributed by atoms with Crippen molar-refractivity contribution in [3.05, 3.63) is 0 Å². The standard InChI is InChI=1S/C2H9NO6P2.2Na/c1-3-2(10(4,5)6)11(7,8)9;;/h2-3H,1H3,(H2,4,5,6)(H2,7,8,9);;/q;2*+1/p-2. The van der Waals surface area contributed by atoms with Gasteiger partial charge in [-0.05, 0) is 14.6 Å². The normalized spacial score (nSPS) is 13.9. The molecule has 0 saturated heterocycles. The molecule has 0 bridgehead atoms. The molecule has 0 aromatic heterocycles. The molecule has 0 spiro atoms. The van der Waals surface area contributed by atoms with Crippen molar-refractivity contribution >= 4 is 15.2 Å². The summed E-state index contributed by atoms with van der Waals surface area (Å²) in [6, 6.07) is 0. The van der Waals surface area contributed by atoms with Crippen LogP contribution in [0.2, 0.25) is 0 Å². The van der Waals surface area contributed by atoms with E-state index in [-0.39, 0.29) is 59.1 Å². The van der Waals surface area contributed by atoms with Crippen LogP contribution in [0.5, 0.6) is 0 Å². The summed E-state index contributed by atoms with van der Waals surface area (Å²) in [5.41, 5.74) is -2.32. The van der Waals surface area contributed by atoms with Crippen LogP contribution in [0.15, 0.2) is 0 Å². The van der Waals surface area contributed by atoms with Crippen LogP contribution < -0.4 is 74.2 Å². The van der Waals surface area contributed by atoms with Gasteiger partial charge in [-0.25, -0.2) is 0 Å². The number of rotatable bonds is 3. The van der Waals surface area contributed by atoms with Crippen molar-refractivity contribution in [1.29, 1.82) is 0 Å². The molecule has 0 aromatic carbocycles. The molecule has 13 heavy (non-hydrogen) atoms. The van der Waals surface area contributed by atoms with Gasteiger partial charge in [-0.1, -0.05) is 0 Å². The number of hydrogen-bond acceptors (Lipinski definition) is 5. The van der Waals surface area contributed by atoms with Gasteiger partial charge in [0.2, 0.25) is 0 Å².